The van der Waals surface area contributed by atoms with Gasteiger partial charge in [0.15, 0.2) is 0 Å². The van der Waals surface area contributed by atoms with Crippen LogP contribution in [0, 0.1) is 0 Å². The molecule has 0 amide bonds. The quantitative estimate of drug-likeness (QED) is 0.455. The van der Waals surface area contributed by atoms with Crippen molar-refractivity contribution in [2.24, 2.45) is 0 Å². The maximum atomic E-state index is 9.51. The van der Waals surface area contributed by atoms with Crippen LogP contribution in [0.25, 0.3) is 10.9 Å². The molecule has 0 aliphatic heterocycles. The Balaban J connectivity index is 1.71. The average molecular weight is 444 g/mol. The zero-order valence-electron chi connectivity index (χ0n) is 18.1. The molecule has 1 aromatic carbocycles. The first-order chi connectivity index (χ1) is 14.2. The van der Waals surface area contributed by atoms with E-state index >= 15 is 0 Å². The van der Waals surface area contributed by atoms with E-state index in [4.69, 9.17) is 0 Å². The number of thioether (sulfide) groups is 2. The van der Waals surface area contributed by atoms with Gasteiger partial charge in [-0.2, -0.15) is 0 Å². The summed E-state index contributed by atoms with van der Waals surface area (Å²) < 4.78 is -0.0686. The molecule has 1 atom stereocenters. The topological polar surface area (TPSA) is 83.8 Å². The Bertz CT molecular complexity index is 977. The lowest BCUT2D eigenvalue weighted by Crippen LogP contribution is -2.20. The number of benzene rings is 1. The fraction of sp³-hybridized carbons (Fsp3) is 0.455. The van der Waals surface area contributed by atoms with Crippen LogP contribution in [0.1, 0.15) is 40.4 Å². The highest BCUT2D eigenvalue weighted by molar-refractivity contribution is 8.00. The van der Waals surface area contributed by atoms with Crippen molar-refractivity contribution in [1.29, 1.82) is 0 Å². The van der Waals surface area contributed by atoms with Crippen molar-refractivity contribution in [3.05, 3.63) is 42.7 Å². The van der Waals surface area contributed by atoms with E-state index in [9.17, 15) is 5.11 Å². The van der Waals surface area contributed by atoms with Crippen LogP contribution in [0.15, 0.2) is 46.7 Å². The Hall–Kier alpha value is -1.90. The smallest absolute Gasteiger partial charge is 0.137 e. The highest BCUT2D eigenvalue weighted by Gasteiger charge is 2.22. The molecule has 2 N–H and O–H groups in total. The standard InChI is InChI=1S/C22H29N5OS2/c1-14(2)29-17-11-23-20(24-12-17)9-22(4,5)30-16-6-7-18-19(8-16)26-13-27-21(18)25-10-15(3)28/h6-8,11-15,28H,9-10H2,1-5H3,(H,25,26,27). The first-order valence-electron chi connectivity index (χ1n) is 10.0. The summed E-state index contributed by atoms with van der Waals surface area (Å²) in [6, 6.07) is 6.21. The summed E-state index contributed by atoms with van der Waals surface area (Å²) in [6.45, 7) is 10.9. The molecule has 2 heterocycles. The second-order valence-corrected chi connectivity index (χ2v) is 11.6. The van der Waals surface area contributed by atoms with Gasteiger partial charge in [-0.25, -0.2) is 19.9 Å². The summed E-state index contributed by atoms with van der Waals surface area (Å²) in [5.74, 6) is 1.60. The minimum absolute atomic E-state index is 0.0686. The zero-order chi connectivity index (χ0) is 21.7. The van der Waals surface area contributed by atoms with Gasteiger partial charge < -0.3 is 10.4 Å². The highest BCUT2D eigenvalue weighted by atomic mass is 32.2. The predicted octanol–water partition coefficient (Wildman–Crippen LogP) is 4.83. The molecule has 6 nitrogen and oxygen atoms in total. The number of hydrogen-bond acceptors (Lipinski definition) is 8. The summed E-state index contributed by atoms with van der Waals surface area (Å²) in [5.41, 5.74) is 0.880. The molecule has 2 aromatic heterocycles. The average Bonchev–Trinajstić information content (AvgIpc) is 2.66. The lowest BCUT2D eigenvalue weighted by molar-refractivity contribution is 0.208. The van der Waals surface area contributed by atoms with E-state index in [0.717, 1.165) is 38.8 Å². The van der Waals surface area contributed by atoms with E-state index in [1.165, 1.54) is 0 Å². The first kappa shape index (κ1) is 22.8. The van der Waals surface area contributed by atoms with Gasteiger partial charge in [-0.05, 0) is 39.0 Å². The number of nitrogens with one attached hydrogen (secondary N) is 1. The fourth-order valence-electron chi connectivity index (χ4n) is 2.99. The molecule has 0 saturated heterocycles. The van der Waals surface area contributed by atoms with Crippen LogP contribution < -0.4 is 5.32 Å². The molecule has 0 fully saturated rings. The molecule has 0 radical (unpaired) electrons. The van der Waals surface area contributed by atoms with Gasteiger partial charge in [0.05, 0.1) is 11.6 Å². The highest BCUT2D eigenvalue weighted by Crippen LogP contribution is 2.36. The van der Waals surface area contributed by atoms with Crippen molar-refractivity contribution in [3.8, 4) is 0 Å². The fourth-order valence-corrected chi connectivity index (χ4v) is 4.91. The molecule has 160 valence electrons. The van der Waals surface area contributed by atoms with Crippen molar-refractivity contribution in [1.82, 2.24) is 19.9 Å². The largest absolute Gasteiger partial charge is 0.392 e. The second kappa shape index (κ2) is 9.94. The number of fused-ring (bicyclic) bond motifs is 1. The van der Waals surface area contributed by atoms with Gasteiger partial charge in [0.25, 0.3) is 0 Å². The van der Waals surface area contributed by atoms with Crippen molar-refractivity contribution >= 4 is 40.2 Å². The number of nitrogens with zero attached hydrogens (tertiary/aromatic N) is 4. The van der Waals surface area contributed by atoms with Gasteiger partial charge in [-0.3, -0.25) is 0 Å². The van der Waals surface area contributed by atoms with E-state index in [0.29, 0.717) is 11.8 Å². The van der Waals surface area contributed by atoms with Crippen molar-refractivity contribution in [3.63, 3.8) is 0 Å². The number of aliphatic hydroxyl groups is 1. The van der Waals surface area contributed by atoms with Crippen LogP contribution in [-0.2, 0) is 6.42 Å². The van der Waals surface area contributed by atoms with E-state index in [-0.39, 0.29) is 4.75 Å². The Morgan fingerprint density at radius 3 is 2.43 bits per heavy atom. The third kappa shape index (κ3) is 6.55. The molecular weight excluding hydrogens is 414 g/mol. The van der Waals surface area contributed by atoms with Crippen LogP contribution in [0.5, 0.6) is 0 Å². The van der Waals surface area contributed by atoms with Crippen LogP contribution in [0.4, 0.5) is 5.82 Å². The zero-order valence-corrected chi connectivity index (χ0v) is 19.7. The number of aliphatic hydroxyl groups excluding tert-OH is 1. The van der Waals surface area contributed by atoms with Gasteiger partial charge in [0.1, 0.15) is 18.0 Å². The molecule has 0 bridgehead atoms. The van der Waals surface area contributed by atoms with E-state index in [2.05, 4.69) is 65.1 Å². The Labute approximate surface area is 186 Å². The molecule has 8 heteroatoms. The van der Waals surface area contributed by atoms with Gasteiger partial charge in [-0.15, -0.1) is 23.5 Å². The number of hydrogen-bond donors (Lipinski definition) is 2. The Kier molecular flexibility index (Phi) is 7.55. The molecule has 0 aliphatic rings. The second-order valence-electron chi connectivity index (χ2n) is 8.17. The maximum absolute atomic E-state index is 9.51. The molecular formula is C22H29N5OS2. The van der Waals surface area contributed by atoms with E-state index in [1.54, 1.807) is 36.8 Å². The molecule has 0 aliphatic carbocycles. The number of anilines is 1. The summed E-state index contributed by atoms with van der Waals surface area (Å²) in [4.78, 5) is 20.1. The third-order valence-corrected chi connectivity index (χ3v) is 6.35. The number of aromatic nitrogens is 4. The van der Waals surface area contributed by atoms with Crippen LogP contribution >= 0.6 is 23.5 Å². The third-order valence-electron chi connectivity index (χ3n) is 4.20. The molecule has 0 spiro atoms. The van der Waals surface area contributed by atoms with Crippen molar-refractivity contribution in [2.45, 2.75) is 66.9 Å². The van der Waals surface area contributed by atoms with E-state index < -0.39 is 6.10 Å². The normalized spacial score (nSPS) is 13.0. The summed E-state index contributed by atoms with van der Waals surface area (Å²) in [6.07, 6.45) is 5.72. The molecule has 1 unspecified atom stereocenters. The van der Waals surface area contributed by atoms with E-state index in [1.807, 2.05) is 18.5 Å². The Morgan fingerprint density at radius 2 is 1.77 bits per heavy atom. The SMILES string of the molecule is CC(O)CNc1ncnc2cc(SC(C)(C)Cc3ncc(SC(C)C)cn3)ccc12. The summed E-state index contributed by atoms with van der Waals surface area (Å²) in [7, 11) is 0. The maximum Gasteiger partial charge on any atom is 0.137 e. The van der Waals surface area contributed by atoms with Gasteiger partial charge in [-0.1, -0.05) is 13.8 Å². The van der Waals surface area contributed by atoms with Crippen LogP contribution in [-0.4, -0.2) is 47.7 Å². The van der Waals surface area contributed by atoms with Crippen LogP contribution in [0.3, 0.4) is 0 Å². The minimum Gasteiger partial charge on any atom is -0.392 e. The lowest BCUT2D eigenvalue weighted by atomic mass is 10.1. The molecule has 3 rings (SSSR count). The predicted molar refractivity (Wildman–Crippen MR) is 126 cm³/mol. The monoisotopic (exact) mass is 443 g/mol. The van der Waals surface area contributed by atoms with Crippen molar-refractivity contribution in [2.75, 3.05) is 11.9 Å². The number of rotatable bonds is 9. The lowest BCUT2D eigenvalue weighted by Gasteiger charge is -2.23. The molecule has 30 heavy (non-hydrogen) atoms. The van der Waals surface area contributed by atoms with Crippen molar-refractivity contribution < 1.29 is 5.11 Å². The van der Waals surface area contributed by atoms with Gasteiger partial charge in [0.2, 0.25) is 0 Å². The van der Waals surface area contributed by atoms with Gasteiger partial charge in [0, 0.05) is 50.5 Å². The molecule has 3 aromatic rings. The first-order valence-corrected chi connectivity index (χ1v) is 11.7. The van der Waals surface area contributed by atoms with Gasteiger partial charge >= 0.3 is 0 Å². The molecule has 0 saturated carbocycles. The van der Waals surface area contributed by atoms with Crippen LogP contribution in [0.2, 0.25) is 0 Å². The summed E-state index contributed by atoms with van der Waals surface area (Å²) >= 11 is 3.56. The Morgan fingerprint density at radius 1 is 1.03 bits per heavy atom. The minimum atomic E-state index is -0.439. The summed E-state index contributed by atoms with van der Waals surface area (Å²) in [5, 5.41) is 14.2.